The topological polar surface area (TPSA) is 125 Å². The monoisotopic (exact) mass is 507 g/mol. The zero-order chi connectivity index (χ0) is 26.6. The van der Waals surface area contributed by atoms with Gasteiger partial charge in [0.1, 0.15) is 30.0 Å². The predicted molar refractivity (Wildman–Crippen MR) is 139 cm³/mol. The first-order valence-electron chi connectivity index (χ1n) is 11.9. The van der Waals surface area contributed by atoms with Gasteiger partial charge in [-0.25, -0.2) is 14.4 Å². The Bertz CT molecular complexity index is 1460. The molecule has 0 saturated carbocycles. The van der Waals surface area contributed by atoms with Crippen molar-refractivity contribution < 1.29 is 23.7 Å². The molecule has 0 aliphatic rings. The maximum absolute atomic E-state index is 14.4. The molecule has 0 unspecified atom stereocenters. The molecule has 0 radical (unpaired) electrons. The molecule has 0 spiro atoms. The minimum atomic E-state index is -0.787. The van der Waals surface area contributed by atoms with Gasteiger partial charge in [0.25, 0.3) is 0 Å². The average Bonchev–Trinajstić information content (AvgIpc) is 3.21. The summed E-state index contributed by atoms with van der Waals surface area (Å²) in [5.41, 5.74) is 2.44. The fourth-order valence-corrected chi connectivity index (χ4v) is 4.01. The van der Waals surface area contributed by atoms with Gasteiger partial charge < -0.3 is 29.6 Å². The number of nitrogens with one attached hydrogen (secondary N) is 2. The number of halogens is 1. The van der Waals surface area contributed by atoms with Gasteiger partial charge in [-0.1, -0.05) is 0 Å². The fourth-order valence-electron chi connectivity index (χ4n) is 4.01. The van der Waals surface area contributed by atoms with Gasteiger partial charge in [0.05, 0.1) is 34.5 Å². The lowest BCUT2D eigenvalue weighted by molar-refractivity contribution is 0.0215. The first kappa shape index (κ1) is 26.1. The van der Waals surface area contributed by atoms with Crippen molar-refractivity contribution in [2.45, 2.75) is 32.8 Å². The van der Waals surface area contributed by atoms with Crippen molar-refractivity contribution in [1.29, 1.82) is 5.26 Å². The number of H-pyrrole nitrogens is 1. The molecule has 0 saturated heterocycles. The third-order valence-corrected chi connectivity index (χ3v) is 5.76. The highest BCUT2D eigenvalue weighted by Gasteiger charge is 2.19. The minimum Gasteiger partial charge on any atom is -0.487 e. The lowest BCUT2D eigenvalue weighted by Gasteiger charge is -2.17. The number of nitrogens with zero attached hydrogens (tertiary/aromatic N) is 3. The minimum absolute atomic E-state index is 0.163. The van der Waals surface area contributed by atoms with Gasteiger partial charge in [-0.05, 0) is 57.5 Å². The van der Waals surface area contributed by atoms with Gasteiger partial charge in [0.15, 0.2) is 18.1 Å². The number of ether oxygens (including phenoxy) is 3. The Morgan fingerprint density at radius 1 is 1.11 bits per heavy atom. The van der Waals surface area contributed by atoms with Crippen LogP contribution in [0.5, 0.6) is 11.5 Å². The van der Waals surface area contributed by atoms with Crippen LogP contribution in [0.1, 0.15) is 26.1 Å². The summed E-state index contributed by atoms with van der Waals surface area (Å²) < 4.78 is 31.5. The van der Waals surface area contributed by atoms with E-state index in [4.69, 9.17) is 19.5 Å². The van der Waals surface area contributed by atoms with Gasteiger partial charge in [-0.15, -0.1) is 0 Å². The summed E-state index contributed by atoms with van der Waals surface area (Å²) in [5.74, 6) is 0.996. The third-order valence-electron chi connectivity index (χ3n) is 5.76. The Morgan fingerprint density at radius 2 is 1.92 bits per heavy atom. The Kier molecular flexibility index (Phi) is 7.76. The lowest BCUT2D eigenvalue weighted by Crippen LogP contribution is -2.21. The van der Waals surface area contributed by atoms with Crippen LogP contribution in [0.4, 0.5) is 10.1 Å². The van der Waals surface area contributed by atoms with E-state index in [9.17, 15) is 9.50 Å². The van der Waals surface area contributed by atoms with Crippen molar-refractivity contribution in [1.82, 2.24) is 15.0 Å². The van der Waals surface area contributed by atoms with Crippen LogP contribution in [0, 0.1) is 24.1 Å². The fraction of sp³-hybridized carbons (Fsp3) is 0.370. The first-order valence-corrected chi connectivity index (χ1v) is 11.9. The van der Waals surface area contributed by atoms with Crippen molar-refractivity contribution in [3.63, 3.8) is 0 Å². The smallest absolute Gasteiger partial charge is 0.174 e. The van der Waals surface area contributed by atoms with E-state index in [0.717, 1.165) is 5.52 Å². The van der Waals surface area contributed by atoms with E-state index >= 15 is 0 Å². The normalized spacial score (nSPS) is 11.6. The standard InChI is InChI=1S/C27H30FN5O4/c1-16-31-24(23-19-14-18(28)15-20(30-4)25(19)33-26(23)32-16)17-5-6-21(22(13-17)36-10-8-29)37-12-11-35-9-7-27(2,3)34/h5-6,13-15,30,34H,7,9-12H2,1-4H3,(H,31,32,33). The maximum atomic E-state index is 14.4. The molecular weight excluding hydrogens is 477 g/mol. The molecule has 2 heterocycles. The number of anilines is 1. The van der Waals surface area contributed by atoms with Crippen LogP contribution in [0.15, 0.2) is 30.3 Å². The number of hydrogen-bond acceptors (Lipinski definition) is 8. The number of aliphatic hydroxyl groups is 1. The van der Waals surface area contributed by atoms with Crippen molar-refractivity contribution in [2.75, 3.05) is 38.8 Å². The van der Waals surface area contributed by atoms with E-state index in [1.165, 1.54) is 12.1 Å². The second kappa shape index (κ2) is 11.0. The van der Waals surface area contributed by atoms with Gasteiger partial charge >= 0.3 is 0 Å². The molecule has 0 bridgehead atoms. The highest BCUT2D eigenvalue weighted by molar-refractivity contribution is 6.15. The molecule has 4 rings (SSSR count). The molecule has 194 valence electrons. The summed E-state index contributed by atoms with van der Waals surface area (Å²) in [4.78, 5) is 12.5. The summed E-state index contributed by atoms with van der Waals surface area (Å²) in [6, 6.07) is 10.2. The van der Waals surface area contributed by atoms with Crippen LogP contribution in [0.3, 0.4) is 0 Å². The Labute approximate surface area is 214 Å². The molecule has 2 aromatic carbocycles. The highest BCUT2D eigenvalue weighted by atomic mass is 19.1. The number of nitriles is 1. The van der Waals surface area contributed by atoms with E-state index in [2.05, 4.69) is 20.3 Å². The molecule has 0 fully saturated rings. The van der Waals surface area contributed by atoms with E-state index in [-0.39, 0.29) is 19.0 Å². The second-order valence-corrected chi connectivity index (χ2v) is 9.23. The molecule has 3 N–H and O–H groups in total. The van der Waals surface area contributed by atoms with E-state index in [1.54, 1.807) is 40.0 Å². The molecule has 37 heavy (non-hydrogen) atoms. The van der Waals surface area contributed by atoms with Crippen molar-refractivity contribution in [3.8, 4) is 28.8 Å². The van der Waals surface area contributed by atoms with Crippen LogP contribution in [0.2, 0.25) is 0 Å². The molecule has 0 aliphatic heterocycles. The summed E-state index contributed by atoms with van der Waals surface area (Å²) in [7, 11) is 1.73. The van der Waals surface area contributed by atoms with Crippen LogP contribution < -0.4 is 14.8 Å². The van der Waals surface area contributed by atoms with Crippen molar-refractivity contribution in [2.24, 2.45) is 0 Å². The molecule has 9 nitrogen and oxygen atoms in total. The number of hydrogen-bond donors (Lipinski definition) is 3. The molecule has 10 heteroatoms. The maximum Gasteiger partial charge on any atom is 0.174 e. The van der Waals surface area contributed by atoms with Gasteiger partial charge in [-0.3, -0.25) is 0 Å². The van der Waals surface area contributed by atoms with Crippen LogP contribution in [-0.4, -0.2) is 59.1 Å². The Morgan fingerprint density at radius 3 is 2.65 bits per heavy atom. The van der Waals surface area contributed by atoms with E-state index in [0.29, 0.717) is 70.3 Å². The second-order valence-electron chi connectivity index (χ2n) is 9.23. The predicted octanol–water partition coefficient (Wildman–Crippen LogP) is 4.73. The molecule has 4 aromatic rings. The largest absolute Gasteiger partial charge is 0.487 e. The van der Waals surface area contributed by atoms with Gasteiger partial charge in [0, 0.05) is 24.6 Å². The van der Waals surface area contributed by atoms with E-state index < -0.39 is 5.60 Å². The molecule has 0 atom stereocenters. The number of aromatic amines is 1. The molecule has 2 aromatic heterocycles. The quantitative estimate of drug-likeness (QED) is 0.249. The molecule has 0 aliphatic carbocycles. The van der Waals surface area contributed by atoms with E-state index in [1.807, 2.05) is 12.1 Å². The number of rotatable bonds is 11. The third kappa shape index (κ3) is 6.07. The lowest BCUT2D eigenvalue weighted by atomic mass is 10.0. The highest BCUT2D eigenvalue weighted by Crippen LogP contribution is 2.39. The average molecular weight is 508 g/mol. The first-order chi connectivity index (χ1) is 17.7. The number of aryl methyl sites for hydroxylation is 1. The number of fused-ring (bicyclic) bond motifs is 3. The van der Waals surface area contributed by atoms with Gasteiger partial charge in [0.2, 0.25) is 0 Å². The number of aromatic nitrogens is 3. The summed E-state index contributed by atoms with van der Waals surface area (Å²) in [6.07, 6.45) is 0.512. The number of benzene rings is 2. The molecular formula is C27H30FN5O4. The van der Waals surface area contributed by atoms with Crippen LogP contribution in [-0.2, 0) is 4.74 Å². The van der Waals surface area contributed by atoms with Gasteiger partial charge in [-0.2, -0.15) is 5.26 Å². The van der Waals surface area contributed by atoms with Crippen LogP contribution >= 0.6 is 0 Å². The summed E-state index contributed by atoms with van der Waals surface area (Å²) in [6.45, 7) is 6.09. The summed E-state index contributed by atoms with van der Waals surface area (Å²) in [5, 5.41) is 23.2. The Hall–Kier alpha value is -3.94. The molecule has 0 amide bonds. The van der Waals surface area contributed by atoms with Crippen LogP contribution in [0.25, 0.3) is 33.2 Å². The zero-order valence-electron chi connectivity index (χ0n) is 21.3. The van der Waals surface area contributed by atoms with Crippen molar-refractivity contribution in [3.05, 3.63) is 42.0 Å². The van der Waals surface area contributed by atoms with Crippen molar-refractivity contribution >= 4 is 27.6 Å². The SMILES string of the molecule is CNc1cc(F)cc2c1[nH]c1nc(C)nc(-c3ccc(OCCOCCC(C)(C)O)c(OCC#N)c3)c12. The summed E-state index contributed by atoms with van der Waals surface area (Å²) >= 11 is 0. The zero-order valence-corrected chi connectivity index (χ0v) is 21.3. The Balaban J connectivity index is 1.67.